The van der Waals surface area contributed by atoms with Crippen LogP contribution in [0.5, 0.6) is 0 Å². The Morgan fingerprint density at radius 2 is 1.25 bits per heavy atom. The molecule has 0 saturated carbocycles. The average Bonchev–Trinajstić information content (AvgIpc) is 1.00. The Labute approximate surface area is 42.7 Å². The maximum Gasteiger partial charge on any atom is 0.261 e. The molecule has 0 aromatic carbocycles. The molecule has 24 valence electrons. The zero-order chi connectivity index (χ0) is 2.00. The number of hydrogen-bond donors (Lipinski definition) is 0. The van der Waals surface area contributed by atoms with Gasteiger partial charge in [0.05, 0.1) is 0 Å². The van der Waals surface area contributed by atoms with E-state index in [2.05, 4.69) is 9.12 Å². The summed E-state index contributed by atoms with van der Waals surface area (Å²) in [6.07, 6.45) is 0. The summed E-state index contributed by atoms with van der Waals surface area (Å²) in [5.41, 5.74) is 0. The summed E-state index contributed by atoms with van der Waals surface area (Å²) in [5.74, 6) is 0. The Morgan fingerprint density at radius 3 is 1.25 bits per heavy atom. The molecule has 0 bridgehead atoms. The summed E-state index contributed by atoms with van der Waals surface area (Å²) in [6, 6.07) is 0. The molecule has 0 fully saturated rings. The first-order valence-corrected chi connectivity index (χ1v) is 0.548. The normalized spacial score (nSPS) is 1.00. The van der Waals surface area contributed by atoms with Crippen molar-refractivity contribution in [3.05, 3.63) is 0 Å². The molecule has 0 amide bonds. The fourth-order valence-corrected chi connectivity index (χ4v) is 0. The molecular formula is H3OP2V. The van der Waals surface area contributed by atoms with Crippen molar-refractivity contribution in [1.82, 2.24) is 0 Å². The van der Waals surface area contributed by atoms with Crippen LogP contribution in [-0.2, 0) is 23.1 Å². The molecule has 0 aliphatic rings. The van der Waals surface area contributed by atoms with Crippen molar-refractivity contribution in [2.45, 2.75) is 0 Å². The van der Waals surface area contributed by atoms with Gasteiger partial charge in [-0.25, -0.2) is 0 Å². The second-order valence-corrected chi connectivity index (χ2v) is 0. The second-order valence-electron chi connectivity index (χ2n) is 0. The van der Waals surface area contributed by atoms with Crippen molar-refractivity contribution >= 4 is 19.0 Å². The third-order valence-electron chi connectivity index (χ3n) is 0. The van der Waals surface area contributed by atoms with Gasteiger partial charge < -0.3 is 0 Å². The molecule has 0 heterocycles. The molecule has 0 spiro atoms. The molecule has 0 aliphatic carbocycles. The molecule has 0 saturated heterocycles. The van der Waals surface area contributed by atoms with Crippen molar-refractivity contribution in [3.8, 4) is 0 Å². The van der Waals surface area contributed by atoms with Crippen LogP contribution in [0.15, 0.2) is 0 Å². The largest absolute Gasteiger partial charge is 0.261 e. The van der Waals surface area contributed by atoms with E-state index in [0.717, 1.165) is 0 Å². The van der Waals surface area contributed by atoms with Crippen LogP contribution in [0.4, 0.5) is 0 Å². The van der Waals surface area contributed by atoms with E-state index in [4.69, 9.17) is 4.57 Å². The third-order valence-corrected chi connectivity index (χ3v) is 0. The summed E-state index contributed by atoms with van der Waals surface area (Å²) in [5, 5.41) is 0. The Hall–Kier alpha value is 1.11. The zero-order valence-electron chi connectivity index (χ0n) is 2.01. The van der Waals surface area contributed by atoms with Gasteiger partial charge >= 0.3 is 0 Å². The van der Waals surface area contributed by atoms with Gasteiger partial charge in [0.15, 0.2) is 0 Å². The first-order chi connectivity index (χ1) is 1.00. The van der Waals surface area contributed by atoms with Gasteiger partial charge in [-0.3, -0.25) is 4.57 Å². The summed E-state index contributed by atoms with van der Waals surface area (Å²) >= 11 is 0. The van der Waals surface area contributed by atoms with Crippen LogP contribution in [0.25, 0.3) is 0 Å². The Balaban J connectivity index is -0.00000000500. The van der Waals surface area contributed by atoms with Crippen molar-refractivity contribution in [2.75, 3.05) is 0 Å². The monoisotopic (exact) mass is 132 g/mol. The first-order valence-electron chi connectivity index (χ1n) is 0.183. The Kier molecular flexibility index (Phi) is 156. The Bertz CT molecular complexity index is 6.00. The molecule has 4 heavy (non-hydrogen) atoms. The molecular weight excluding hydrogens is 129 g/mol. The molecule has 1 nitrogen and oxygen atoms in total. The minimum absolute atomic E-state index is 0. The van der Waals surface area contributed by atoms with Crippen molar-refractivity contribution in [3.63, 3.8) is 0 Å². The number of hydrogen-bond acceptors (Lipinski definition) is 1. The van der Waals surface area contributed by atoms with Gasteiger partial charge in [0.1, 0.15) is 0 Å². The van der Waals surface area contributed by atoms with Crippen LogP contribution >= 0.6 is 19.0 Å². The Morgan fingerprint density at radius 1 is 1.25 bits per heavy atom. The summed E-state index contributed by atoms with van der Waals surface area (Å²) < 4.78 is 7.94. The van der Waals surface area contributed by atoms with Crippen molar-refractivity contribution in [1.29, 1.82) is 0 Å². The third kappa shape index (κ3) is 11.2. The molecule has 0 aromatic heterocycles. The van der Waals surface area contributed by atoms with Crippen LogP contribution in [0.1, 0.15) is 0 Å². The second kappa shape index (κ2) is 32.1. The number of rotatable bonds is 0. The molecule has 0 aromatic rings. The minimum atomic E-state index is 0. The van der Waals surface area contributed by atoms with Crippen molar-refractivity contribution in [2.24, 2.45) is 0 Å². The topological polar surface area (TPSA) is 17.1 Å². The van der Waals surface area contributed by atoms with Crippen LogP contribution in [-0.4, -0.2) is 0 Å². The maximum absolute atomic E-state index is 7.94. The van der Waals surface area contributed by atoms with E-state index in [0.29, 0.717) is 0 Å². The first kappa shape index (κ1) is 19.4. The molecule has 1 atom stereocenters. The van der Waals surface area contributed by atoms with Gasteiger partial charge in [-0.05, 0) is 0 Å². The molecule has 1 unspecified atom stereocenters. The van der Waals surface area contributed by atoms with Gasteiger partial charge in [0, 0.05) is 18.6 Å². The van der Waals surface area contributed by atoms with E-state index < -0.39 is 0 Å². The quantitative estimate of drug-likeness (QED) is 0.445. The van der Waals surface area contributed by atoms with Crippen LogP contribution < -0.4 is 0 Å². The van der Waals surface area contributed by atoms with E-state index in [-0.39, 0.29) is 28.5 Å². The molecule has 2 radical (unpaired) electrons. The predicted octanol–water partition coefficient (Wildman–Crippen LogP) is 0.798. The van der Waals surface area contributed by atoms with Gasteiger partial charge in [-0.15, -0.1) is 0 Å². The van der Waals surface area contributed by atoms with E-state index in [1.165, 1.54) is 0 Å². The van der Waals surface area contributed by atoms with Crippen molar-refractivity contribution < 1.29 is 23.1 Å². The molecule has 0 N–H and O–H groups in total. The average molecular weight is 132 g/mol. The fraction of sp³-hybridized carbons (Fsp3) is 0. The van der Waals surface area contributed by atoms with Gasteiger partial charge in [-0.2, -0.15) is 9.90 Å². The van der Waals surface area contributed by atoms with E-state index in [9.17, 15) is 0 Å². The van der Waals surface area contributed by atoms with Crippen LogP contribution in [0.3, 0.4) is 0 Å². The zero-order valence-corrected chi connectivity index (χ0v) is 5.72. The molecule has 4 heteroatoms. The SMILES string of the molecule is O=[P].P.[V]. The summed E-state index contributed by atoms with van der Waals surface area (Å²) in [4.78, 5) is 0. The maximum atomic E-state index is 7.94. The minimum Gasteiger partial charge on any atom is -0.261 e. The summed E-state index contributed by atoms with van der Waals surface area (Å²) in [6.45, 7) is 0. The van der Waals surface area contributed by atoms with Gasteiger partial charge in [0.2, 0.25) is 0 Å². The fourth-order valence-electron chi connectivity index (χ4n) is 0. The van der Waals surface area contributed by atoms with Crippen LogP contribution in [0, 0.1) is 0 Å². The van der Waals surface area contributed by atoms with Gasteiger partial charge in [-0.1, -0.05) is 0 Å². The van der Waals surface area contributed by atoms with Crippen LogP contribution in [0.2, 0.25) is 0 Å². The smallest absolute Gasteiger partial charge is 0.261 e. The van der Waals surface area contributed by atoms with E-state index in [1.807, 2.05) is 0 Å². The standard InChI is InChI=1S/OP.H3P.V/c1-2;;/h;1H3;. The van der Waals surface area contributed by atoms with E-state index in [1.54, 1.807) is 0 Å². The van der Waals surface area contributed by atoms with Gasteiger partial charge in [0.25, 0.3) is 9.12 Å². The molecule has 0 rings (SSSR count). The molecule has 0 aliphatic heterocycles. The predicted molar refractivity (Wildman–Crippen MR) is 18.7 cm³/mol. The summed E-state index contributed by atoms with van der Waals surface area (Å²) in [7, 11) is 2.28. The van der Waals surface area contributed by atoms with E-state index >= 15 is 0 Å².